The van der Waals surface area contributed by atoms with Gasteiger partial charge >= 0.3 is 0 Å². The van der Waals surface area contributed by atoms with Gasteiger partial charge in [-0.3, -0.25) is 9.69 Å². The van der Waals surface area contributed by atoms with Crippen LogP contribution in [0.25, 0.3) is 0 Å². The maximum absolute atomic E-state index is 12.9. The molecule has 0 saturated carbocycles. The minimum atomic E-state index is -1.13. The summed E-state index contributed by atoms with van der Waals surface area (Å²) in [5.41, 5.74) is -0.351. The number of carbonyl (C=O) groups is 1. The molecule has 0 bridgehead atoms. The highest BCUT2D eigenvalue weighted by molar-refractivity contribution is 7.99. The summed E-state index contributed by atoms with van der Waals surface area (Å²) in [5, 5.41) is 23.0. The average molecular weight is 408 g/mol. The highest BCUT2D eigenvalue weighted by Crippen LogP contribution is 2.30. The maximum atomic E-state index is 12.9. The molecule has 2 aliphatic heterocycles. The second kappa shape index (κ2) is 9.94. The van der Waals surface area contributed by atoms with Crippen LogP contribution in [0.15, 0.2) is 0 Å². The van der Waals surface area contributed by atoms with E-state index in [1.165, 1.54) is 11.8 Å². The number of nitrogens with one attached hydrogen (secondary N) is 1. The number of halogens is 1. The lowest BCUT2D eigenvalue weighted by atomic mass is 9.94. The van der Waals surface area contributed by atoms with Crippen molar-refractivity contribution in [3.8, 4) is 0 Å². The Morgan fingerprint density at radius 1 is 1.50 bits per heavy atom. The molecule has 0 aromatic heterocycles. The largest absolute Gasteiger partial charge is 0.390 e. The molecule has 151 valence electrons. The predicted molar refractivity (Wildman–Crippen MR) is 105 cm³/mol. The third-order valence-electron chi connectivity index (χ3n) is 5.36. The van der Waals surface area contributed by atoms with Crippen molar-refractivity contribution in [2.24, 2.45) is 5.92 Å². The molecular weight excluding hydrogens is 376 g/mol. The number of hydrogen-bond acceptors (Lipinski definition) is 6. The Morgan fingerprint density at radius 2 is 2.19 bits per heavy atom. The van der Waals surface area contributed by atoms with E-state index in [0.29, 0.717) is 5.92 Å². The van der Waals surface area contributed by atoms with Gasteiger partial charge in [0.1, 0.15) is 17.6 Å². The molecule has 1 amide bonds. The van der Waals surface area contributed by atoms with Gasteiger partial charge in [0, 0.05) is 13.0 Å². The van der Waals surface area contributed by atoms with E-state index in [0.717, 1.165) is 25.8 Å². The zero-order chi connectivity index (χ0) is 19.4. The first-order chi connectivity index (χ1) is 12.3. The number of alkyl halides is 1. The molecule has 3 N–H and O–H groups in total. The molecule has 6 nitrogen and oxygen atoms in total. The predicted octanol–water partition coefficient (Wildman–Crippen LogP) is 1.23. The topological polar surface area (TPSA) is 82.0 Å². The number of likely N-dealkylation sites (N-methyl/N-ethyl adjacent to an activating group) is 1. The standard InChI is InChI=1S/C18H32ClN2O4S/c1-5-6-11-7-12(21(3)9-11)18(24)20-15(10(2)19)17-16(23)13(22)8-14(25-17)26-4/h8,10-17,22-23H,5-7,9H2,1-4H3,(H,20,24)/t10?,11?,12?,13-,14+,15+,16+,17+/m0/s1. The summed E-state index contributed by atoms with van der Waals surface area (Å²) in [6, 6.07) is -0.783. The third-order valence-corrected chi connectivity index (χ3v) is 6.36. The quantitative estimate of drug-likeness (QED) is 0.551. The van der Waals surface area contributed by atoms with Crippen molar-refractivity contribution in [1.82, 2.24) is 10.2 Å². The molecule has 0 aromatic carbocycles. The lowest BCUT2D eigenvalue weighted by molar-refractivity contribution is -0.140. The molecule has 26 heavy (non-hydrogen) atoms. The first kappa shape index (κ1) is 22.2. The Labute approximate surface area is 166 Å². The zero-order valence-electron chi connectivity index (χ0n) is 16.0. The molecule has 8 atom stereocenters. The van der Waals surface area contributed by atoms with Gasteiger partial charge in [-0.05, 0) is 39.0 Å². The third kappa shape index (κ3) is 5.26. The van der Waals surface area contributed by atoms with E-state index in [9.17, 15) is 15.0 Å². The van der Waals surface area contributed by atoms with Crippen LogP contribution >= 0.6 is 23.4 Å². The second-order valence-electron chi connectivity index (χ2n) is 7.44. The van der Waals surface area contributed by atoms with Crippen molar-refractivity contribution in [3.05, 3.63) is 6.42 Å². The number of likely N-dealkylation sites (tertiary alicyclic amines) is 1. The van der Waals surface area contributed by atoms with Crippen molar-refractivity contribution in [2.45, 2.75) is 74.3 Å². The van der Waals surface area contributed by atoms with Crippen LogP contribution in [0.4, 0.5) is 0 Å². The van der Waals surface area contributed by atoms with Crippen LogP contribution in [0.5, 0.6) is 0 Å². The molecule has 0 spiro atoms. The van der Waals surface area contributed by atoms with E-state index in [2.05, 4.69) is 17.1 Å². The van der Waals surface area contributed by atoms with Gasteiger partial charge in [0.05, 0.1) is 23.6 Å². The number of amides is 1. The lowest BCUT2D eigenvalue weighted by Crippen LogP contribution is -2.61. The van der Waals surface area contributed by atoms with Crippen LogP contribution in [-0.2, 0) is 9.53 Å². The molecule has 0 aromatic rings. The highest BCUT2D eigenvalue weighted by atomic mass is 35.5. The zero-order valence-corrected chi connectivity index (χ0v) is 17.5. The fourth-order valence-corrected chi connectivity index (χ4v) is 4.69. The van der Waals surface area contributed by atoms with Gasteiger partial charge < -0.3 is 20.3 Å². The maximum Gasteiger partial charge on any atom is 0.237 e. The SMILES string of the molecule is CCCC1CC(C(=O)N[C@H](C(C)Cl)[C@H]2O[C@H](SC)[CH][C@H](O)[C@H]2O)N(C)C1. The Hall–Kier alpha value is -0.0500. The average Bonchev–Trinajstić information content (AvgIpc) is 2.95. The smallest absolute Gasteiger partial charge is 0.237 e. The normalized spacial score (nSPS) is 38.1. The summed E-state index contributed by atoms with van der Waals surface area (Å²) < 4.78 is 5.88. The van der Waals surface area contributed by atoms with E-state index in [1.807, 2.05) is 13.3 Å². The van der Waals surface area contributed by atoms with Gasteiger partial charge in [-0.15, -0.1) is 23.4 Å². The van der Waals surface area contributed by atoms with Crippen molar-refractivity contribution < 1.29 is 19.7 Å². The lowest BCUT2D eigenvalue weighted by Gasteiger charge is -2.41. The van der Waals surface area contributed by atoms with Gasteiger partial charge in [0.15, 0.2) is 0 Å². The molecule has 1 radical (unpaired) electrons. The van der Waals surface area contributed by atoms with E-state index in [-0.39, 0.29) is 17.4 Å². The molecular formula is C18H32ClN2O4S. The van der Waals surface area contributed by atoms with E-state index in [4.69, 9.17) is 16.3 Å². The summed E-state index contributed by atoms with van der Waals surface area (Å²) in [6.45, 7) is 4.84. The number of hydrogen-bond donors (Lipinski definition) is 3. The Morgan fingerprint density at radius 3 is 2.77 bits per heavy atom. The number of rotatable bonds is 7. The molecule has 2 aliphatic rings. The van der Waals surface area contributed by atoms with Crippen molar-refractivity contribution >= 4 is 29.3 Å². The van der Waals surface area contributed by atoms with Gasteiger partial charge in [-0.25, -0.2) is 0 Å². The Bertz CT molecular complexity index is 470. The molecule has 2 saturated heterocycles. The number of carbonyl (C=O) groups excluding carboxylic acids is 1. The van der Waals surface area contributed by atoms with Crippen molar-refractivity contribution in [2.75, 3.05) is 19.8 Å². The highest BCUT2D eigenvalue weighted by Gasteiger charge is 2.44. The van der Waals surface area contributed by atoms with Crippen LogP contribution in [0.2, 0.25) is 0 Å². The van der Waals surface area contributed by atoms with Gasteiger partial charge in [0.2, 0.25) is 5.91 Å². The van der Waals surface area contributed by atoms with Gasteiger partial charge in [-0.2, -0.15) is 0 Å². The minimum Gasteiger partial charge on any atom is -0.390 e. The second-order valence-corrected chi connectivity index (χ2v) is 9.06. The Balaban J connectivity index is 2.06. The number of aliphatic hydroxyl groups excluding tert-OH is 2. The molecule has 8 heteroatoms. The summed E-state index contributed by atoms with van der Waals surface area (Å²) in [4.78, 5) is 15.0. The molecule has 2 heterocycles. The number of nitrogens with zero attached hydrogens (tertiary/aromatic N) is 1. The van der Waals surface area contributed by atoms with Crippen LogP contribution in [0, 0.1) is 12.3 Å². The molecule has 0 aliphatic carbocycles. The summed E-state index contributed by atoms with van der Waals surface area (Å²) >= 11 is 7.75. The van der Waals surface area contributed by atoms with Crippen LogP contribution < -0.4 is 5.32 Å². The first-order valence-electron chi connectivity index (χ1n) is 9.32. The minimum absolute atomic E-state index is 0.0934. The fraction of sp³-hybridized carbons (Fsp3) is 0.889. The number of ether oxygens (including phenoxy) is 1. The summed E-state index contributed by atoms with van der Waals surface area (Å²) in [6.07, 6.45) is 3.58. The molecule has 2 fully saturated rings. The van der Waals surface area contributed by atoms with Crippen LogP contribution in [0.3, 0.4) is 0 Å². The molecule has 2 rings (SSSR count). The molecule has 3 unspecified atom stereocenters. The monoisotopic (exact) mass is 407 g/mol. The van der Waals surface area contributed by atoms with Crippen molar-refractivity contribution in [3.63, 3.8) is 0 Å². The van der Waals surface area contributed by atoms with E-state index in [1.54, 1.807) is 13.3 Å². The van der Waals surface area contributed by atoms with E-state index < -0.39 is 29.7 Å². The fourth-order valence-electron chi connectivity index (χ4n) is 3.93. The van der Waals surface area contributed by atoms with Crippen LogP contribution in [0.1, 0.15) is 33.1 Å². The summed E-state index contributed by atoms with van der Waals surface area (Å²) in [5.74, 6) is 0.436. The number of aliphatic hydroxyl groups is 2. The van der Waals surface area contributed by atoms with Gasteiger partial charge in [0.25, 0.3) is 0 Å². The van der Waals surface area contributed by atoms with Crippen molar-refractivity contribution in [1.29, 1.82) is 0 Å². The van der Waals surface area contributed by atoms with Crippen LogP contribution in [-0.4, -0.2) is 82.1 Å². The van der Waals surface area contributed by atoms with E-state index >= 15 is 0 Å². The first-order valence-corrected chi connectivity index (χ1v) is 11.0. The van der Waals surface area contributed by atoms with Gasteiger partial charge in [-0.1, -0.05) is 13.3 Å². The Kier molecular flexibility index (Phi) is 8.50. The summed E-state index contributed by atoms with van der Waals surface area (Å²) in [7, 11) is 1.97. The number of thioether (sulfide) groups is 1.